The lowest BCUT2D eigenvalue weighted by atomic mass is 10.3. The lowest BCUT2D eigenvalue weighted by Gasteiger charge is -2.03. The van der Waals surface area contributed by atoms with Crippen molar-refractivity contribution in [2.45, 2.75) is 6.42 Å². The Labute approximate surface area is 111 Å². The van der Waals surface area contributed by atoms with Crippen LogP contribution in [0.15, 0.2) is 48.5 Å². The zero-order chi connectivity index (χ0) is 13.1. The molecule has 4 nitrogen and oxygen atoms in total. The number of para-hydroxylation sites is 1. The van der Waals surface area contributed by atoms with E-state index < -0.39 is 0 Å². The summed E-state index contributed by atoms with van der Waals surface area (Å²) in [4.78, 5) is 7.75. The number of hydrogen-bond donors (Lipinski definition) is 2. The summed E-state index contributed by atoms with van der Waals surface area (Å²) >= 11 is 0. The van der Waals surface area contributed by atoms with Crippen LogP contribution >= 0.6 is 0 Å². The first-order chi connectivity index (χ1) is 9.31. The Bertz CT molecular complexity index is 676. The standard InChI is InChI=1S/C15H15N3O/c16-11-6-7-13-14(10-11)18-15(17-13)8-9-19-12-4-2-1-3-5-12/h1-7,10H,8-9,16H2,(H,17,18). The van der Waals surface area contributed by atoms with Gasteiger partial charge in [0, 0.05) is 12.1 Å². The summed E-state index contributed by atoms with van der Waals surface area (Å²) < 4.78 is 5.64. The van der Waals surface area contributed by atoms with Crippen LogP contribution in [0.2, 0.25) is 0 Å². The summed E-state index contributed by atoms with van der Waals surface area (Å²) in [5, 5.41) is 0. The van der Waals surface area contributed by atoms with E-state index in [1.165, 1.54) is 0 Å². The van der Waals surface area contributed by atoms with Gasteiger partial charge in [0.2, 0.25) is 0 Å². The van der Waals surface area contributed by atoms with Gasteiger partial charge in [-0.15, -0.1) is 0 Å². The molecule has 0 amide bonds. The van der Waals surface area contributed by atoms with E-state index in [9.17, 15) is 0 Å². The fourth-order valence-electron chi connectivity index (χ4n) is 1.98. The van der Waals surface area contributed by atoms with Crippen molar-refractivity contribution in [3.05, 3.63) is 54.4 Å². The lowest BCUT2D eigenvalue weighted by Crippen LogP contribution is -2.02. The van der Waals surface area contributed by atoms with E-state index in [2.05, 4.69) is 9.97 Å². The number of nitrogens with two attached hydrogens (primary N) is 1. The summed E-state index contributed by atoms with van der Waals surface area (Å²) in [6, 6.07) is 15.4. The van der Waals surface area contributed by atoms with Crippen LogP contribution in [0.25, 0.3) is 11.0 Å². The van der Waals surface area contributed by atoms with Gasteiger partial charge in [0.15, 0.2) is 0 Å². The smallest absolute Gasteiger partial charge is 0.119 e. The number of nitrogens with zero attached hydrogens (tertiary/aromatic N) is 1. The highest BCUT2D eigenvalue weighted by Crippen LogP contribution is 2.15. The van der Waals surface area contributed by atoms with Gasteiger partial charge in [-0.3, -0.25) is 0 Å². The van der Waals surface area contributed by atoms with Gasteiger partial charge in [0.05, 0.1) is 17.6 Å². The van der Waals surface area contributed by atoms with Gasteiger partial charge in [-0.25, -0.2) is 4.98 Å². The fraction of sp³-hybridized carbons (Fsp3) is 0.133. The predicted octanol–water partition coefficient (Wildman–Crippen LogP) is 2.77. The number of ether oxygens (including phenoxy) is 1. The highest BCUT2D eigenvalue weighted by atomic mass is 16.5. The monoisotopic (exact) mass is 253 g/mol. The number of imidazole rings is 1. The van der Waals surface area contributed by atoms with Crippen LogP contribution in [-0.2, 0) is 6.42 Å². The van der Waals surface area contributed by atoms with Crippen LogP contribution < -0.4 is 10.5 Å². The van der Waals surface area contributed by atoms with Gasteiger partial charge >= 0.3 is 0 Å². The Morgan fingerprint density at radius 1 is 1.11 bits per heavy atom. The van der Waals surface area contributed by atoms with Crippen molar-refractivity contribution in [3.63, 3.8) is 0 Å². The molecule has 0 radical (unpaired) electrons. The Hall–Kier alpha value is -2.49. The van der Waals surface area contributed by atoms with Gasteiger partial charge in [-0.05, 0) is 30.3 Å². The molecule has 0 saturated heterocycles. The van der Waals surface area contributed by atoms with Crippen LogP contribution in [0.5, 0.6) is 5.75 Å². The van der Waals surface area contributed by atoms with Gasteiger partial charge in [-0.1, -0.05) is 18.2 Å². The molecular formula is C15H15N3O. The number of fused-ring (bicyclic) bond motifs is 1. The van der Waals surface area contributed by atoms with E-state index in [0.29, 0.717) is 6.61 Å². The molecule has 0 aliphatic carbocycles. The molecule has 4 heteroatoms. The third kappa shape index (κ3) is 2.68. The van der Waals surface area contributed by atoms with Gasteiger partial charge < -0.3 is 15.5 Å². The molecule has 0 aliphatic rings. The van der Waals surface area contributed by atoms with Gasteiger partial charge in [0.1, 0.15) is 11.6 Å². The predicted molar refractivity (Wildman–Crippen MR) is 76.1 cm³/mol. The molecule has 3 aromatic rings. The molecule has 0 saturated carbocycles. The van der Waals surface area contributed by atoms with Crippen LogP contribution in [-0.4, -0.2) is 16.6 Å². The molecular weight excluding hydrogens is 238 g/mol. The van der Waals surface area contributed by atoms with E-state index in [1.807, 2.05) is 48.5 Å². The summed E-state index contributed by atoms with van der Waals surface area (Å²) in [5.41, 5.74) is 8.38. The maximum Gasteiger partial charge on any atom is 0.119 e. The van der Waals surface area contributed by atoms with Crippen molar-refractivity contribution in [3.8, 4) is 5.75 Å². The molecule has 0 bridgehead atoms. The van der Waals surface area contributed by atoms with Crippen LogP contribution in [0.1, 0.15) is 5.82 Å². The topological polar surface area (TPSA) is 63.9 Å². The van der Waals surface area contributed by atoms with E-state index in [4.69, 9.17) is 10.5 Å². The van der Waals surface area contributed by atoms with E-state index in [0.717, 1.165) is 34.7 Å². The summed E-state index contributed by atoms with van der Waals surface area (Å²) in [7, 11) is 0. The Morgan fingerprint density at radius 3 is 2.79 bits per heavy atom. The van der Waals surface area contributed by atoms with Gasteiger partial charge in [-0.2, -0.15) is 0 Å². The molecule has 0 unspecified atom stereocenters. The maximum absolute atomic E-state index is 5.74. The highest BCUT2D eigenvalue weighted by Gasteiger charge is 2.03. The van der Waals surface area contributed by atoms with Crippen LogP contribution in [0.3, 0.4) is 0 Å². The summed E-state index contributed by atoms with van der Waals surface area (Å²) in [5.74, 6) is 1.79. The number of rotatable bonds is 4. The number of anilines is 1. The third-order valence-corrected chi connectivity index (χ3v) is 2.91. The normalized spacial score (nSPS) is 10.7. The molecule has 0 aliphatic heterocycles. The number of nitrogens with one attached hydrogen (secondary N) is 1. The van der Waals surface area contributed by atoms with Crippen molar-refractivity contribution in [1.29, 1.82) is 0 Å². The first-order valence-corrected chi connectivity index (χ1v) is 6.23. The number of hydrogen-bond acceptors (Lipinski definition) is 3. The van der Waals surface area contributed by atoms with Crippen molar-refractivity contribution < 1.29 is 4.74 Å². The maximum atomic E-state index is 5.74. The average Bonchev–Trinajstić information content (AvgIpc) is 2.82. The summed E-state index contributed by atoms with van der Waals surface area (Å²) in [6.07, 6.45) is 0.740. The minimum atomic E-state index is 0.597. The van der Waals surface area contributed by atoms with Crippen LogP contribution in [0, 0.1) is 0 Å². The highest BCUT2D eigenvalue weighted by molar-refractivity contribution is 5.78. The third-order valence-electron chi connectivity index (χ3n) is 2.91. The quantitative estimate of drug-likeness (QED) is 0.703. The minimum absolute atomic E-state index is 0.597. The molecule has 1 aromatic heterocycles. The molecule has 1 heterocycles. The van der Waals surface area contributed by atoms with E-state index in [-0.39, 0.29) is 0 Å². The molecule has 0 spiro atoms. The molecule has 2 aromatic carbocycles. The van der Waals surface area contributed by atoms with E-state index in [1.54, 1.807) is 0 Å². The molecule has 0 fully saturated rings. The molecule has 96 valence electrons. The number of H-pyrrole nitrogens is 1. The SMILES string of the molecule is Nc1ccc2nc(CCOc3ccccc3)[nH]c2c1. The number of aromatic nitrogens is 2. The van der Waals surface area contributed by atoms with Crippen molar-refractivity contribution in [1.82, 2.24) is 9.97 Å². The van der Waals surface area contributed by atoms with Gasteiger partial charge in [0.25, 0.3) is 0 Å². The number of benzene rings is 2. The first kappa shape index (κ1) is 11.6. The first-order valence-electron chi connectivity index (χ1n) is 6.23. The zero-order valence-corrected chi connectivity index (χ0v) is 10.5. The Kier molecular flexibility index (Phi) is 3.06. The van der Waals surface area contributed by atoms with Crippen molar-refractivity contribution in [2.75, 3.05) is 12.3 Å². The van der Waals surface area contributed by atoms with Crippen LogP contribution in [0.4, 0.5) is 5.69 Å². The number of aromatic amines is 1. The molecule has 3 rings (SSSR count). The lowest BCUT2D eigenvalue weighted by molar-refractivity contribution is 0.319. The number of nitrogen functional groups attached to an aromatic ring is 1. The second-order valence-electron chi connectivity index (χ2n) is 4.37. The second-order valence-corrected chi connectivity index (χ2v) is 4.37. The molecule has 3 N–H and O–H groups in total. The summed E-state index contributed by atoms with van der Waals surface area (Å²) in [6.45, 7) is 0.597. The van der Waals surface area contributed by atoms with Crippen molar-refractivity contribution in [2.24, 2.45) is 0 Å². The fourth-order valence-corrected chi connectivity index (χ4v) is 1.98. The van der Waals surface area contributed by atoms with Crippen molar-refractivity contribution >= 4 is 16.7 Å². The minimum Gasteiger partial charge on any atom is -0.493 e. The Balaban J connectivity index is 1.65. The van der Waals surface area contributed by atoms with E-state index >= 15 is 0 Å². The zero-order valence-electron chi connectivity index (χ0n) is 10.5. The largest absolute Gasteiger partial charge is 0.493 e. The molecule has 0 atom stereocenters. The second kappa shape index (κ2) is 5.02. The average molecular weight is 253 g/mol. The Morgan fingerprint density at radius 2 is 1.95 bits per heavy atom. The molecule has 19 heavy (non-hydrogen) atoms.